The van der Waals surface area contributed by atoms with Crippen LogP contribution in [-0.4, -0.2) is 21.4 Å². The molecule has 6 nitrogen and oxygen atoms in total. The lowest BCUT2D eigenvalue weighted by molar-refractivity contribution is 0.0998. The number of rotatable bonds is 5. The van der Waals surface area contributed by atoms with Crippen molar-refractivity contribution in [1.82, 2.24) is 0 Å². The van der Waals surface area contributed by atoms with Crippen molar-refractivity contribution in [3.8, 4) is 0 Å². The molecule has 1 N–H and O–H groups in total. The number of benzene rings is 3. The Bertz CT molecular complexity index is 1410. The SMILES string of the molecule is Cc1cc2oc(C(=O)Nc3ccc(S(=O)(=O)N(C)c4ccccc4)cc3)c(C)c2cc1C. The van der Waals surface area contributed by atoms with E-state index in [4.69, 9.17) is 4.42 Å². The summed E-state index contributed by atoms with van der Waals surface area (Å²) in [4.78, 5) is 13.0. The van der Waals surface area contributed by atoms with Gasteiger partial charge in [0.25, 0.3) is 15.9 Å². The first-order valence-corrected chi connectivity index (χ1v) is 11.6. The molecule has 7 heteroatoms. The minimum absolute atomic E-state index is 0.132. The molecule has 0 unspecified atom stereocenters. The number of furan rings is 1. The molecule has 0 atom stereocenters. The van der Waals surface area contributed by atoms with Gasteiger partial charge in [-0.05, 0) is 80.4 Å². The summed E-state index contributed by atoms with van der Waals surface area (Å²) in [7, 11) is -2.21. The van der Waals surface area contributed by atoms with Crippen LogP contribution in [0.3, 0.4) is 0 Å². The summed E-state index contributed by atoms with van der Waals surface area (Å²) in [5, 5.41) is 3.69. The van der Waals surface area contributed by atoms with Gasteiger partial charge in [-0.2, -0.15) is 0 Å². The first-order chi connectivity index (χ1) is 15.2. The van der Waals surface area contributed by atoms with Crippen molar-refractivity contribution in [1.29, 1.82) is 0 Å². The molecule has 0 bridgehead atoms. The number of carbonyl (C=O) groups excluding carboxylic acids is 1. The second-order valence-electron chi connectivity index (χ2n) is 7.78. The summed E-state index contributed by atoms with van der Waals surface area (Å²) in [6.45, 7) is 5.87. The number of amides is 1. The van der Waals surface area contributed by atoms with Crippen molar-refractivity contribution in [2.45, 2.75) is 25.7 Å². The Morgan fingerprint density at radius 2 is 1.53 bits per heavy atom. The zero-order valence-electron chi connectivity index (χ0n) is 18.3. The topological polar surface area (TPSA) is 79.6 Å². The van der Waals surface area contributed by atoms with Crippen LogP contribution in [0.5, 0.6) is 0 Å². The number of sulfonamides is 1. The Morgan fingerprint density at radius 3 is 2.19 bits per heavy atom. The van der Waals surface area contributed by atoms with E-state index in [2.05, 4.69) is 5.32 Å². The maximum absolute atomic E-state index is 12.9. The quantitative estimate of drug-likeness (QED) is 0.441. The maximum atomic E-state index is 12.9. The Kier molecular flexibility index (Phi) is 5.52. The van der Waals surface area contributed by atoms with Crippen LogP contribution in [0.15, 0.2) is 76.0 Å². The number of hydrogen-bond acceptors (Lipinski definition) is 4. The Balaban J connectivity index is 1.56. The van der Waals surface area contributed by atoms with Crippen molar-refractivity contribution < 1.29 is 17.6 Å². The molecule has 0 fully saturated rings. The zero-order valence-corrected chi connectivity index (χ0v) is 19.2. The highest BCUT2D eigenvalue weighted by molar-refractivity contribution is 7.92. The Hall–Kier alpha value is -3.58. The lowest BCUT2D eigenvalue weighted by Crippen LogP contribution is -2.26. The summed E-state index contributed by atoms with van der Waals surface area (Å²) in [5.74, 6) is -0.142. The van der Waals surface area contributed by atoms with Crippen LogP contribution >= 0.6 is 0 Å². The molecule has 0 aliphatic carbocycles. The Labute approximate surface area is 187 Å². The van der Waals surface area contributed by atoms with Crippen LogP contribution < -0.4 is 9.62 Å². The normalized spacial score (nSPS) is 11.5. The smallest absolute Gasteiger partial charge is 0.291 e. The first-order valence-electron chi connectivity index (χ1n) is 10.1. The van der Waals surface area contributed by atoms with Crippen LogP contribution in [0.25, 0.3) is 11.0 Å². The molecule has 0 saturated carbocycles. The number of nitrogens with zero attached hydrogens (tertiary/aromatic N) is 1. The van der Waals surface area contributed by atoms with Crippen molar-refractivity contribution in [3.05, 3.63) is 89.2 Å². The van der Waals surface area contributed by atoms with E-state index in [1.807, 2.05) is 39.0 Å². The number of anilines is 2. The largest absolute Gasteiger partial charge is 0.451 e. The Morgan fingerprint density at radius 1 is 0.906 bits per heavy atom. The van der Waals surface area contributed by atoms with Gasteiger partial charge in [-0.15, -0.1) is 0 Å². The minimum atomic E-state index is -3.72. The van der Waals surface area contributed by atoms with E-state index < -0.39 is 10.0 Å². The number of hydrogen-bond donors (Lipinski definition) is 1. The number of carbonyl (C=O) groups is 1. The molecule has 32 heavy (non-hydrogen) atoms. The zero-order chi connectivity index (χ0) is 23.0. The number of para-hydroxylation sites is 1. The third-order valence-electron chi connectivity index (χ3n) is 5.65. The van der Waals surface area contributed by atoms with Gasteiger partial charge in [0.15, 0.2) is 5.76 Å². The third-order valence-corrected chi connectivity index (χ3v) is 7.45. The molecule has 3 aromatic carbocycles. The summed E-state index contributed by atoms with van der Waals surface area (Å²) < 4.78 is 32.9. The van der Waals surface area contributed by atoms with Gasteiger partial charge in [-0.1, -0.05) is 18.2 Å². The van der Waals surface area contributed by atoms with E-state index in [1.54, 1.807) is 36.4 Å². The predicted molar refractivity (Wildman–Crippen MR) is 127 cm³/mol. The predicted octanol–water partition coefficient (Wildman–Crippen LogP) is 5.44. The van der Waals surface area contributed by atoms with Crippen molar-refractivity contribution >= 4 is 38.3 Å². The third kappa shape index (κ3) is 3.87. The lowest BCUT2D eigenvalue weighted by Gasteiger charge is -2.19. The first kappa shape index (κ1) is 21.6. The van der Waals surface area contributed by atoms with E-state index in [9.17, 15) is 13.2 Å². The van der Waals surface area contributed by atoms with Crippen molar-refractivity contribution in [3.63, 3.8) is 0 Å². The van der Waals surface area contributed by atoms with Gasteiger partial charge < -0.3 is 9.73 Å². The fourth-order valence-corrected chi connectivity index (χ4v) is 4.72. The minimum Gasteiger partial charge on any atom is -0.451 e. The summed E-state index contributed by atoms with van der Waals surface area (Å²) in [6.07, 6.45) is 0. The van der Waals surface area contributed by atoms with E-state index >= 15 is 0 Å². The molecule has 1 amide bonds. The molecule has 0 spiro atoms. The fraction of sp³-hybridized carbons (Fsp3) is 0.160. The van der Waals surface area contributed by atoms with Crippen LogP contribution in [-0.2, 0) is 10.0 Å². The van der Waals surface area contributed by atoms with Gasteiger partial charge in [-0.3, -0.25) is 9.10 Å². The average Bonchev–Trinajstić information content (AvgIpc) is 3.10. The lowest BCUT2D eigenvalue weighted by atomic mass is 10.1. The summed E-state index contributed by atoms with van der Waals surface area (Å²) >= 11 is 0. The molecule has 4 rings (SSSR count). The van der Waals surface area contributed by atoms with E-state index in [1.165, 1.54) is 23.5 Å². The van der Waals surface area contributed by atoms with E-state index in [-0.39, 0.29) is 16.6 Å². The monoisotopic (exact) mass is 448 g/mol. The van der Waals surface area contributed by atoms with Crippen LogP contribution in [0.4, 0.5) is 11.4 Å². The molecule has 4 aromatic rings. The van der Waals surface area contributed by atoms with E-state index in [0.717, 1.165) is 22.1 Å². The molecule has 164 valence electrons. The highest BCUT2D eigenvalue weighted by atomic mass is 32.2. The molecule has 1 heterocycles. The number of fused-ring (bicyclic) bond motifs is 1. The molecule has 1 aromatic heterocycles. The summed E-state index contributed by atoms with van der Waals surface area (Å²) in [5.41, 5.74) is 4.70. The van der Waals surface area contributed by atoms with Gasteiger partial charge in [0.2, 0.25) is 0 Å². The molecule has 0 aliphatic rings. The maximum Gasteiger partial charge on any atom is 0.291 e. The molecule has 0 radical (unpaired) electrons. The van der Waals surface area contributed by atoms with Crippen molar-refractivity contribution in [2.24, 2.45) is 0 Å². The van der Waals surface area contributed by atoms with Crippen LogP contribution in [0.2, 0.25) is 0 Å². The average molecular weight is 449 g/mol. The number of nitrogens with one attached hydrogen (secondary N) is 1. The van der Waals surface area contributed by atoms with Crippen LogP contribution in [0, 0.1) is 20.8 Å². The second kappa shape index (κ2) is 8.16. The molecule has 0 aliphatic heterocycles. The molecular formula is C25H24N2O4S. The van der Waals surface area contributed by atoms with E-state index in [0.29, 0.717) is 17.0 Å². The standard InChI is InChI=1S/C25H24N2O4S/c1-16-14-22-18(3)24(31-23(22)15-17(16)2)25(28)26-19-10-12-21(13-11-19)32(29,30)27(4)20-8-6-5-7-9-20/h5-15H,1-4H3,(H,26,28). The molecular weight excluding hydrogens is 424 g/mol. The highest BCUT2D eigenvalue weighted by Crippen LogP contribution is 2.29. The van der Waals surface area contributed by atoms with Gasteiger partial charge in [0, 0.05) is 23.7 Å². The van der Waals surface area contributed by atoms with Gasteiger partial charge >= 0.3 is 0 Å². The fourth-order valence-electron chi connectivity index (χ4n) is 3.53. The highest BCUT2D eigenvalue weighted by Gasteiger charge is 2.22. The summed E-state index contributed by atoms with van der Waals surface area (Å²) in [6, 6.07) is 18.9. The van der Waals surface area contributed by atoms with Crippen molar-refractivity contribution in [2.75, 3.05) is 16.7 Å². The second-order valence-corrected chi connectivity index (χ2v) is 9.74. The van der Waals surface area contributed by atoms with Gasteiger partial charge in [0.05, 0.1) is 10.6 Å². The molecule has 0 saturated heterocycles. The van der Waals surface area contributed by atoms with Gasteiger partial charge in [0.1, 0.15) is 5.58 Å². The van der Waals surface area contributed by atoms with Crippen LogP contribution in [0.1, 0.15) is 27.2 Å². The number of aryl methyl sites for hydroxylation is 3. The van der Waals surface area contributed by atoms with Gasteiger partial charge in [-0.25, -0.2) is 8.42 Å².